The number of nitrogens with zero attached hydrogens (tertiary/aromatic N) is 4. The van der Waals surface area contributed by atoms with Crippen LogP contribution in [0.2, 0.25) is 0 Å². The molecule has 2 aliphatic rings. The number of H-pyrrole nitrogens is 1. The van der Waals surface area contributed by atoms with Crippen molar-refractivity contribution >= 4 is 29.6 Å². The van der Waals surface area contributed by atoms with Crippen LogP contribution in [0.5, 0.6) is 0 Å². The van der Waals surface area contributed by atoms with Gasteiger partial charge >= 0.3 is 0 Å². The zero-order valence-electron chi connectivity index (χ0n) is 17.4. The SMILES string of the molecule is CN1CCN(c2ccc(Nc3nc(-c4cn[nH]c4)cc4c3C(C=O)NC=C4)cc2)CC1. The van der Waals surface area contributed by atoms with Crippen molar-refractivity contribution in [3.8, 4) is 11.3 Å². The topological polar surface area (TPSA) is 89.2 Å². The Morgan fingerprint density at radius 1 is 1.16 bits per heavy atom. The molecule has 4 heterocycles. The van der Waals surface area contributed by atoms with E-state index in [9.17, 15) is 4.79 Å². The molecule has 5 rings (SSSR count). The zero-order chi connectivity index (χ0) is 21.2. The third-order valence-corrected chi connectivity index (χ3v) is 5.87. The smallest absolute Gasteiger partial charge is 0.146 e. The van der Waals surface area contributed by atoms with Gasteiger partial charge in [0.2, 0.25) is 0 Å². The van der Waals surface area contributed by atoms with E-state index in [1.54, 1.807) is 12.4 Å². The van der Waals surface area contributed by atoms with Crippen LogP contribution in [0, 0.1) is 0 Å². The van der Waals surface area contributed by atoms with Gasteiger partial charge in [-0.2, -0.15) is 5.10 Å². The number of benzene rings is 1. The van der Waals surface area contributed by atoms with Crippen LogP contribution in [0.15, 0.2) is 48.9 Å². The Kier molecular flexibility index (Phi) is 5.13. The first-order chi connectivity index (χ1) is 15.2. The van der Waals surface area contributed by atoms with Crippen molar-refractivity contribution in [1.82, 2.24) is 25.4 Å². The molecule has 0 amide bonds. The summed E-state index contributed by atoms with van der Waals surface area (Å²) in [5, 5.41) is 13.4. The third kappa shape index (κ3) is 3.89. The van der Waals surface area contributed by atoms with Crippen molar-refractivity contribution in [2.24, 2.45) is 0 Å². The second-order valence-electron chi connectivity index (χ2n) is 7.92. The summed E-state index contributed by atoms with van der Waals surface area (Å²) in [6.07, 6.45) is 8.22. The summed E-state index contributed by atoms with van der Waals surface area (Å²) in [6.45, 7) is 4.21. The number of anilines is 3. The average Bonchev–Trinajstić information content (AvgIpc) is 3.35. The van der Waals surface area contributed by atoms with E-state index in [1.165, 1.54) is 5.69 Å². The number of piperazine rings is 1. The normalized spacial score (nSPS) is 18.4. The monoisotopic (exact) mass is 415 g/mol. The molecule has 8 heteroatoms. The van der Waals surface area contributed by atoms with Gasteiger partial charge in [-0.15, -0.1) is 0 Å². The summed E-state index contributed by atoms with van der Waals surface area (Å²) in [6, 6.07) is 9.93. The van der Waals surface area contributed by atoms with Crippen molar-refractivity contribution in [2.45, 2.75) is 6.04 Å². The maximum absolute atomic E-state index is 11.7. The van der Waals surface area contributed by atoms with Gasteiger partial charge in [0.25, 0.3) is 0 Å². The largest absolute Gasteiger partial charge is 0.378 e. The van der Waals surface area contributed by atoms with Crippen LogP contribution in [-0.4, -0.2) is 59.6 Å². The van der Waals surface area contributed by atoms with Crippen molar-refractivity contribution < 1.29 is 4.79 Å². The molecule has 31 heavy (non-hydrogen) atoms. The van der Waals surface area contributed by atoms with Gasteiger partial charge in [0.1, 0.15) is 18.1 Å². The number of rotatable bonds is 5. The molecule has 3 aromatic rings. The van der Waals surface area contributed by atoms with Gasteiger partial charge in [-0.25, -0.2) is 4.98 Å². The molecular weight excluding hydrogens is 390 g/mol. The second-order valence-corrected chi connectivity index (χ2v) is 7.92. The first-order valence-corrected chi connectivity index (χ1v) is 10.4. The van der Waals surface area contributed by atoms with E-state index in [1.807, 2.05) is 18.3 Å². The number of aromatic amines is 1. The molecule has 2 aliphatic heterocycles. The fraction of sp³-hybridized carbons (Fsp3) is 0.261. The molecule has 1 atom stereocenters. The Balaban J connectivity index is 1.46. The van der Waals surface area contributed by atoms with Gasteiger partial charge in [-0.05, 0) is 55.2 Å². The number of aldehydes is 1. The molecule has 0 bridgehead atoms. The van der Waals surface area contributed by atoms with E-state index >= 15 is 0 Å². The predicted molar refractivity (Wildman–Crippen MR) is 122 cm³/mol. The summed E-state index contributed by atoms with van der Waals surface area (Å²) in [5.41, 5.74) is 5.63. The van der Waals surface area contributed by atoms with Crippen LogP contribution in [-0.2, 0) is 4.79 Å². The molecule has 1 saturated heterocycles. The summed E-state index contributed by atoms with van der Waals surface area (Å²) < 4.78 is 0. The lowest BCUT2D eigenvalue weighted by Crippen LogP contribution is -2.44. The Hall–Kier alpha value is -3.65. The molecule has 1 aromatic carbocycles. The summed E-state index contributed by atoms with van der Waals surface area (Å²) in [7, 11) is 2.16. The molecule has 0 spiro atoms. The van der Waals surface area contributed by atoms with Gasteiger partial charge in [-0.1, -0.05) is 0 Å². The second kappa shape index (κ2) is 8.23. The molecule has 0 saturated carbocycles. The van der Waals surface area contributed by atoms with E-state index in [0.717, 1.165) is 60.5 Å². The highest BCUT2D eigenvalue weighted by molar-refractivity contribution is 5.80. The third-order valence-electron chi connectivity index (χ3n) is 5.87. The van der Waals surface area contributed by atoms with Gasteiger partial charge in [0.05, 0.1) is 11.9 Å². The predicted octanol–water partition coefficient (Wildman–Crippen LogP) is 2.78. The number of carbonyl (C=O) groups is 1. The van der Waals surface area contributed by atoms with Crippen LogP contribution in [0.4, 0.5) is 17.2 Å². The number of hydrogen-bond acceptors (Lipinski definition) is 7. The van der Waals surface area contributed by atoms with Crippen molar-refractivity contribution in [1.29, 1.82) is 0 Å². The fourth-order valence-corrected chi connectivity index (χ4v) is 4.06. The number of pyridine rings is 1. The van der Waals surface area contributed by atoms with Crippen LogP contribution in [0.1, 0.15) is 17.2 Å². The quantitative estimate of drug-likeness (QED) is 0.552. The number of fused-ring (bicyclic) bond motifs is 1. The Bertz CT molecular complexity index is 1080. The maximum atomic E-state index is 11.7. The Morgan fingerprint density at radius 3 is 2.68 bits per heavy atom. The van der Waals surface area contributed by atoms with Crippen LogP contribution in [0.25, 0.3) is 17.3 Å². The van der Waals surface area contributed by atoms with E-state index < -0.39 is 6.04 Å². The lowest BCUT2D eigenvalue weighted by Gasteiger charge is -2.34. The van der Waals surface area contributed by atoms with Crippen molar-refractivity contribution in [3.05, 3.63) is 60.1 Å². The minimum absolute atomic E-state index is 0.446. The van der Waals surface area contributed by atoms with Gasteiger partial charge in [0.15, 0.2) is 0 Å². The number of likely N-dealkylation sites (N-methyl/N-ethyl adjacent to an activating group) is 1. The molecule has 3 N–H and O–H groups in total. The first-order valence-electron chi connectivity index (χ1n) is 10.4. The minimum atomic E-state index is -0.446. The summed E-state index contributed by atoms with van der Waals surface area (Å²) >= 11 is 0. The number of nitrogens with one attached hydrogen (secondary N) is 3. The lowest BCUT2D eigenvalue weighted by molar-refractivity contribution is -0.109. The first kappa shape index (κ1) is 19.3. The molecule has 158 valence electrons. The molecule has 0 radical (unpaired) electrons. The zero-order valence-corrected chi connectivity index (χ0v) is 17.4. The minimum Gasteiger partial charge on any atom is -0.378 e. The summed E-state index contributed by atoms with van der Waals surface area (Å²) in [4.78, 5) is 21.3. The number of carbonyl (C=O) groups excluding carboxylic acids is 1. The molecule has 8 nitrogen and oxygen atoms in total. The van der Waals surface area contributed by atoms with Crippen LogP contribution in [0.3, 0.4) is 0 Å². The number of aromatic nitrogens is 3. The highest BCUT2D eigenvalue weighted by Crippen LogP contribution is 2.34. The summed E-state index contributed by atoms with van der Waals surface area (Å²) in [5.74, 6) is 0.662. The maximum Gasteiger partial charge on any atom is 0.146 e. The standard InChI is InChI=1S/C23H25N7O/c1-29-8-10-30(11-9-29)19-4-2-18(3-5-19)27-23-22-16(6-7-24-21(22)15-31)12-20(28-23)17-13-25-26-14-17/h2-7,12-15,21,24H,8-11H2,1H3,(H,25,26)(H,27,28). The van der Waals surface area contributed by atoms with Gasteiger partial charge < -0.3 is 25.2 Å². The van der Waals surface area contributed by atoms with Crippen molar-refractivity contribution in [2.75, 3.05) is 43.4 Å². The average molecular weight is 416 g/mol. The van der Waals surface area contributed by atoms with E-state index in [2.05, 4.69) is 61.9 Å². The van der Waals surface area contributed by atoms with Gasteiger partial charge in [0, 0.05) is 54.9 Å². The van der Waals surface area contributed by atoms with Crippen molar-refractivity contribution in [3.63, 3.8) is 0 Å². The lowest BCUT2D eigenvalue weighted by atomic mass is 9.97. The Labute approximate surface area is 181 Å². The van der Waals surface area contributed by atoms with E-state index in [0.29, 0.717) is 5.82 Å². The molecule has 1 unspecified atom stereocenters. The molecule has 0 aliphatic carbocycles. The van der Waals surface area contributed by atoms with Crippen LogP contribution >= 0.6 is 0 Å². The van der Waals surface area contributed by atoms with E-state index in [4.69, 9.17) is 4.98 Å². The Morgan fingerprint density at radius 2 is 1.97 bits per heavy atom. The molecule has 2 aromatic heterocycles. The fourth-order valence-electron chi connectivity index (χ4n) is 4.06. The van der Waals surface area contributed by atoms with E-state index in [-0.39, 0.29) is 0 Å². The van der Waals surface area contributed by atoms with Gasteiger partial charge in [-0.3, -0.25) is 5.10 Å². The highest BCUT2D eigenvalue weighted by atomic mass is 16.1. The van der Waals surface area contributed by atoms with Crippen LogP contribution < -0.4 is 15.5 Å². The highest BCUT2D eigenvalue weighted by Gasteiger charge is 2.23. The molecule has 1 fully saturated rings. The number of hydrogen-bond donors (Lipinski definition) is 3. The molecular formula is C23H25N7O.